The van der Waals surface area contributed by atoms with Crippen LogP contribution in [-0.2, 0) is 11.2 Å². The number of aryl methyl sites for hydroxylation is 1. The van der Waals surface area contributed by atoms with Crippen molar-refractivity contribution in [3.8, 4) is 0 Å². The molecule has 0 radical (unpaired) electrons. The van der Waals surface area contributed by atoms with Gasteiger partial charge in [-0.25, -0.2) is 0 Å². The second-order valence-corrected chi connectivity index (χ2v) is 5.08. The SMILES string of the molecule is CCCNC(CCc1cccnc1)C1CCOC1. The number of hydrogen-bond acceptors (Lipinski definition) is 3. The summed E-state index contributed by atoms with van der Waals surface area (Å²) in [6.07, 6.45) is 8.49. The van der Waals surface area contributed by atoms with E-state index in [9.17, 15) is 0 Å². The third-order valence-corrected chi connectivity index (χ3v) is 3.66. The highest BCUT2D eigenvalue weighted by molar-refractivity contribution is 5.08. The average Bonchev–Trinajstić information content (AvgIpc) is 2.94. The third-order valence-electron chi connectivity index (χ3n) is 3.66. The number of hydrogen-bond donors (Lipinski definition) is 1. The first-order chi connectivity index (χ1) is 8.90. The number of aromatic nitrogens is 1. The highest BCUT2D eigenvalue weighted by atomic mass is 16.5. The van der Waals surface area contributed by atoms with E-state index in [0.29, 0.717) is 12.0 Å². The summed E-state index contributed by atoms with van der Waals surface area (Å²) in [4.78, 5) is 4.18. The smallest absolute Gasteiger partial charge is 0.0510 e. The van der Waals surface area contributed by atoms with Crippen LogP contribution in [0.1, 0.15) is 31.7 Å². The van der Waals surface area contributed by atoms with Crippen molar-refractivity contribution in [2.75, 3.05) is 19.8 Å². The lowest BCUT2D eigenvalue weighted by molar-refractivity contribution is 0.175. The molecule has 2 heterocycles. The second-order valence-electron chi connectivity index (χ2n) is 5.08. The lowest BCUT2D eigenvalue weighted by atomic mass is 9.93. The molecule has 0 spiro atoms. The van der Waals surface area contributed by atoms with E-state index in [4.69, 9.17) is 4.74 Å². The molecule has 1 aliphatic heterocycles. The van der Waals surface area contributed by atoms with Gasteiger partial charge in [0, 0.05) is 25.0 Å². The van der Waals surface area contributed by atoms with Crippen LogP contribution >= 0.6 is 0 Å². The molecule has 3 heteroatoms. The molecule has 0 aromatic carbocycles. The Morgan fingerprint density at radius 2 is 2.50 bits per heavy atom. The molecule has 2 atom stereocenters. The van der Waals surface area contributed by atoms with Crippen molar-refractivity contribution >= 4 is 0 Å². The summed E-state index contributed by atoms with van der Waals surface area (Å²) < 4.78 is 5.52. The zero-order valence-corrected chi connectivity index (χ0v) is 11.3. The molecule has 1 aliphatic rings. The lowest BCUT2D eigenvalue weighted by Crippen LogP contribution is -2.37. The molecule has 2 unspecified atom stereocenters. The van der Waals surface area contributed by atoms with Crippen LogP contribution in [0.2, 0.25) is 0 Å². The molecular weight excluding hydrogens is 224 g/mol. The van der Waals surface area contributed by atoms with Gasteiger partial charge < -0.3 is 10.1 Å². The standard InChI is InChI=1S/C15H24N2O/c1-2-8-17-15(14-7-10-18-12-14)6-5-13-4-3-9-16-11-13/h3-4,9,11,14-15,17H,2,5-8,10,12H2,1H3. The molecule has 0 bridgehead atoms. The van der Waals surface area contributed by atoms with Crippen molar-refractivity contribution in [3.05, 3.63) is 30.1 Å². The van der Waals surface area contributed by atoms with Crippen LogP contribution in [0.5, 0.6) is 0 Å². The first-order valence-electron chi connectivity index (χ1n) is 7.10. The molecule has 1 aromatic rings. The first kappa shape index (κ1) is 13.5. The molecular formula is C15H24N2O. The van der Waals surface area contributed by atoms with Gasteiger partial charge in [0.15, 0.2) is 0 Å². The number of pyridine rings is 1. The van der Waals surface area contributed by atoms with Crippen molar-refractivity contribution in [1.29, 1.82) is 0 Å². The summed E-state index contributed by atoms with van der Waals surface area (Å²) in [5.74, 6) is 0.688. The Bertz CT molecular complexity index is 323. The molecule has 0 amide bonds. The summed E-state index contributed by atoms with van der Waals surface area (Å²) in [5.41, 5.74) is 1.33. The van der Waals surface area contributed by atoms with Crippen molar-refractivity contribution in [2.24, 2.45) is 5.92 Å². The quantitative estimate of drug-likeness (QED) is 0.804. The van der Waals surface area contributed by atoms with Crippen molar-refractivity contribution in [1.82, 2.24) is 10.3 Å². The first-order valence-corrected chi connectivity index (χ1v) is 7.10. The van der Waals surface area contributed by atoms with Gasteiger partial charge in [0.05, 0.1) is 6.61 Å². The van der Waals surface area contributed by atoms with Crippen LogP contribution in [0.3, 0.4) is 0 Å². The molecule has 0 saturated carbocycles. The van der Waals surface area contributed by atoms with Gasteiger partial charge in [-0.05, 0) is 49.8 Å². The Kier molecular flexibility index (Phi) is 5.62. The largest absolute Gasteiger partial charge is 0.381 e. The van der Waals surface area contributed by atoms with Gasteiger partial charge in [-0.15, -0.1) is 0 Å². The maximum atomic E-state index is 5.52. The van der Waals surface area contributed by atoms with E-state index in [1.807, 2.05) is 18.5 Å². The van der Waals surface area contributed by atoms with E-state index >= 15 is 0 Å². The summed E-state index contributed by atoms with van der Waals surface area (Å²) >= 11 is 0. The third kappa shape index (κ3) is 4.07. The van der Waals surface area contributed by atoms with E-state index in [-0.39, 0.29) is 0 Å². The second kappa shape index (κ2) is 7.49. The maximum Gasteiger partial charge on any atom is 0.0510 e. The van der Waals surface area contributed by atoms with E-state index in [0.717, 1.165) is 26.2 Å². The summed E-state index contributed by atoms with van der Waals surface area (Å²) in [7, 11) is 0. The summed E-state index contributed by atoms with van der Waals surface area (Å²) in [5, 5.41) is 3.68. The van der Waals surface area contributed by atoms with E-state index in [1.54, 1.807) is 0 Å². The zero-order valence-electron chi connectivity index (χ0n) is 11.3. The highest BCUT2D eigenvalue weighted by Gasteiger charge is 2.24. The van der Waals surface area contributed by atoms with E-state index < -0.39 is 0 Å². The van der Waals surface area contributed by atoms with Gasteiger partial charge in [-0.2, -0.15) is 0 Å². The molecule has 1 fully saturated rings. The molecule has 3 nitrogen and oxygen atoms in total. The predicted octanol–water partition coefficient (Wildman–Crippen LogP) is 2.42. The fourth-order valence-corrected chi connectivity index (χ4v) is 2.57. The fraction of sp³-hybridized carbons (Fsp3) is 0.667. The predicted molar refractivity (Wildman–Crippen MR) is 73.6 cm³/mol. The lowest BCUT2D eigenvalue weighted by Gasteiger charge is -2.23. The van der Waals surface area contributed by atoms with Gasteiger partial charge in [-0.3, -0.25) is 4.98 Å². The Morgan fingerprint density at radius 3 is 3.17 bits per heavy atom. The Hall–Kier alpha value is -0.930. The van der Waals surface area contributed by atoms with Gasteiger partial charge in [-0.1, -0.05) is 13.0 Å². The van der Waals surface area contributed by atoms with Crippen molar-refractivity contribution < 1.29 is 4.74 Å². The minimum Gasteiger partial charge on any atom is -0.381 e. The molecule has 1 N–H and O–H groups in total. The van der Waals surface area contributed by atoms with E-state index in [2.05, 4.69) is 23.3 Å². The van der Waals surface area contributed by atoms with Crippen LogP contribution in [0, 0.1) is 5.92 Å². The topological polar surface area (TPSA) is 34.2 Å². The summed E-state index contributed by atoms with van der Waals surface area (Å²) in [6.45, 7) is 5.18. The number of nitrogens with zero attached hydrogens (tertiary/aromatic N) is 1. The molecule has 2 rings (SSSR count). The Morgan fingerprint density at radius 1 is 1.56 bits per heavy atom. The van der Waals surface area contributed by atoms with Crippen LogP contribution in [0.15, 0.2) is 24.5 Å². The minimum atomic E-state index is 0.590. The van der Waals surface area contributed by atoms with Crippen molar-refractivity contribution in [3.63, 3.8) is 0 Å². The molecule has 1 aromatic heterocycles. The Labute approximate surface area is 110 Å². The number of rotatable bonds is 7. The van der Waals surface area contributed by atoms with Crippen LogP contribution < -0.4 is 5.32 Å². The van der Waals surface area contributed by atoms with Gasteiger partial charge in [0.25, 0.3) is 0 Å². The highest BCUT2D eigenvalue weighted by Crippen LogP contribution is 2.20. The number of ether oxygens (including phenoxy) is 1. The fourth-order valence-electron chi connectivity index (χ4n) is 2.57. The maximum absolute atomic E-state index is 5.52. The van der Waals surface area contributed by atoms with Crippen LogP contribution in [-0.4, -0.2) is 30.8 Å². The molecule has 100 valence electrons. The zero-order chi connectivity index (χ0) is 12.6. The van der Waals surface area contributed by atoms with Gasteiger partial charge in [0.1, 0.15) is 0 Å². The summed E-state index contributed by atoms with van der Waals surface area (Å²) in [6, 6.07) is 4.77. The Balaban J connectivity index is 1.84. The normalized spacial score (nSPS) is 21.1. The van der Waals surface area contributed by atoms with Crippen LogP contribution in [0.4, 0.5) is 0 Å². The average molecular weight is 248 g/mol. The minimum absolute atomic E-state index is 0.590. The number of nitrogens with one attached hydrogen (secondary N) is 1. The van der Waals surface area contributed by atoms with Crippen LogP contribution in [0.25, 0.3) is 0 Å². The van der Waals surface area contributed by atoms with Gasteiger partial charge >= 0.3 is 0 Å². The molecule has 18 heavy (non-hydrogen) atoms. The van der Waals surface area contributed by atoms with Crippen molar-refractivity contribution in [2.45, 2.75) is 38.6 Å². The van der Waals surface area contributed by atoms with Gasteiger partial charge in [0.2, 0.25) is 0 Å². The van der Waals surface area contributed by atoms with E-state index in [1.165, 1.54) is 24.8 Å². The monoisotopic (exact) mass is 248 g/mol. The molecule has 0 aliphatic carbocycles. The molecule has 1 saturated heterocycles.